The lowest BCUT2D eigenvalue weighted by atomic mass is 9.72. The number of phenolic OH excluding ortho intramolecular Hbond substituents is 2. The second-order valence-corrected chi connectivity index (χ2v) is 13.1. The van der Waals surface area contributed by atoms with Gasteiger partial charge < -0.3 is 34.6 Å². The Hall–Kier alpha value is -4.95. The molecule has 0 radical (unpaired) electrons. The van der Waals surface area contributed by atoms with Gasteiger partial charge in [0.05, 0.1) is 22.6 Å². The number of carbonyl (C=O) groups is 1. The van der Waals surface area contributed by atoms with Crippen LogP contribution in [-0.2, 0) is 40.5 Å². The smallest absolute Gasteiger partial charge is 0.270 e. The summed E-state index contributed by atoms with van der Waals surface area (Å²) in [5, 5.41) is 47.3. The second kappa shape index (κ2) is 15.5. The number of hydrogen-bond acceptors (Lipinski definition) is 11. The van der Waals surface area contributed by atoms with E-state index in [1.807, 2.05) is 0 Å². The van der Waals surface area contributed by atoms with Crippen LogP contribution >= 0.6 is 0 Å². The number of rotatable bonds is 13. The molecule has 1 amide bonds. The first-order valence-corrected chi connectivity index (χ1v) is 16.3. The fraction of sp³-hybridized carbons (Fsp3) is 0.457. The van der Waals surface area contributed by atoms with Crippen molar-refractivity contribution in [1.82, 2.24) is 5.32 Å². The molecule has 2 aliphatic rings. The lowest BCUT2D eigenvalue weighted by molar-refractivity contribution is -0.385. The molecular formula is C35H42N4O10. The molecule has 1 aliphatic carbocycles. The van der Waals surface area contributed by atoms with E-state index in [0.717, 1.165) is 19.3 Å². The van der Waals surface area contributed by atoms with E-state index in [1.54, 1.807) is 17.0 Å². The Morgan fingerprint density at radius 3 is 2.20 bits per heavy atom. The van der Waals surface area contributed by atoms with E-state index in [4.69, 9.17) is 14.2 Å². The van der Waals surface area contributed by atoms with Crippen molar-refractivity contribution in [3.05, 3.63) is 91.0 Å². The summed E-state index contributed by atoms with van der Waals surface area (Å²) in [7, 11) is 0. The Labute approximate surface area is 283 Å². The van der Waals surface area contributed by atoms with Crippen LogP contribution in [0.1, 0.15) is 62.3 Å². The number of aromatic hydroxyl groups is 2. The zero-order valence-corrected chi connectivity index (χ0v) is 27.8. The van der Waals surface area contributed by atoms with Crippen molar-refractivity contribution in [2.24, 2.45) is 17.8 Å². The minimum Gasteiger partial charge on any atom is -0.508 e. The van der Waals surface area contributed by atoms with Crippen LogP contribution in [0.15, 0.2) is 48.5 Å². The standard InChI is InChI=1S/C35H42N4O10/c1-21(2)34-22(3)5-4-6-32(34)48-19-33(42)36-15-23-11-29(14-26-18-47-20-49-35(23)26)37(16-24-12-27(38(43)44)7-9-30(24)40)17-25-13-28(39(45)46)8-10-31(25)41/h7-14,21-22,32,34,40-41H,4-6,15-20H2,1-3H3,(H,36,42). The van der Waals surface area contributed by atoms with Crippen LogP contribution in [0, 0.1) is 38.0 Å². The molecule has 0 aromatic heterocycles. The number of hydrogen-bond donors (Lipinski definition) is 3. The molecule has 3 unspecified atom stereocenters. The maximum absolute atomic E-state index is 13.1. The van der Waals surface area contributed by atoms with Gasteiger partial charge in [-0.2, -0.15) is 0 Å². The number of benzene rings is 3. The van der Waals surface area contributed by atoms with E-state index in [9.17, 15) is 35.2 Å². The summed E-state index contributed by atoms with van der Waals surface area (Å²) >= 11 is 0. The van der Waals surface area contributed by atoms with Crippen molar-refractivity contribution in [3.8, 4) is 17.2 Å². The number of carbonyl (C=O) groups excluding carboxylic acids is 1. The molecule has 3 atom stereocenters. The predicted molar refractivity (Wildman–Crippen MR) is 179 cm³/mol. The summed E-state index contributed by atoms with van der Waals surface area (Å²) < 4.78 is 17.5. The van der Waals surface area contributed by atoms with Gasteiger partial charge >= 0.3 is 0 Å². The van der Waals surface area contributed by atoms with Crippen molar-refractivity contribution in [2.75, 3.05) is 18.3 Å². The number of phenols is 2. The molecule has 0 bridgehead atoms. The van der Waals surface area contributed by atoms with Gasteiger partial charge in [0.15, 0.2) is 6.79 Å². The van der Waals surface area contributed by atoms with E-state index < -0.39 is 9.85 Å². The number of nitrogens with zero attached hydrogens (tertiary/aromatic N) is 3. The highest BCUT2D eigenvalue weighted by Crippen LogP contribution is 2.38. The van der Waals surface area contributed by atoms with Gasteiger partial charge in [-0.05, 0) is 48.4 Å². The molecule has 1 aliphatic heterocycles. The Kier molecular flexibility index (Phi) is 11.2. The Morgan fingerprint density at radius 1 is 0.980 bits per heavy atom. The van der Waals surface area contributed by atoms with E-state index in [2.05, 4.69) is 26.1 Å². The third-order valence-corrected chi connectivity index (χ3v) is 9.32. The molecule has 1 heterocycles. The van der Waals surface area contributed by atoms with Gasteiger partial charge in [-0.3, -0.25) is 25.0 Å². The number of nitro benzene ring substituents is 2. The number of fused-ring (bicyclic) bond motifs is 1. The van der Waals surface area contributed by atoms with Crippen molar-refractivity contribution in [1.29, 1.82) is 0 Å². The SMILES string of the molecule is CC(C)C1C(C)CCCC1OCC(=O)NCc1cc(N(Cc2cc([N+](=O)[O-])ccc2O)Cc2cc([N+](=O)[O-])ccc2O)cc2c1OCOC2. The molecule has 3 N–H and O–H groups in total. The third kappa shape index (κ3) is 8.56. The maximum atomic E-state index is 13.1. The lowest BCUT2D eigenvalue weighted by Gasteiger charge is -2.38. The predicted octanol–water partition coefficient (Wildman–Crippen LogP) is 6.08. The number of nitrogens with one attached hydrogen (secondary N) is 1. The Balaban J connectivity index is 1.43. The van der Waals surface area contributed by atoms with Gasteiger partial charge in [0.2, 0.25) is 5.91 Å². The topological polar surface area (TPSA) is 187 Å². The monoisotopic (exact) mass is 678 g/mol. The first-order valence-electron chi connectivity index (χ1n) is 16.3. The molecule has 3 aromatic carbocycles. The number of nitro groups is 2. The quantitative estimate of drug-likeness (QED) is 0.140. The minimum absolute atomic E-state index is 0.00933. The van der Waals surface area contributed by atoms with Crippen molar-refractivity contribution >= 4 is 23.0 Å². The third-order valence-electron chi connectivity index (χ3n) is 9.32. The van der Waals surface area contributed by atoms with Gasteiger partial charge in [-0.1, -0.05) is 33.6 Å². The van der Waals surface area contributed by atoms with Gasteiger partial charge in [-0.15, -0.1) is 0 Å². The van der Waals surface area contributed by atoms with E-state index in [-0.39, 0.29) is 85.7 Å². The van der Waals surface area contributed by atoms with Crippen molar-refractivity contribution < 1.29 is 39.1 Å². The lowest BCUT2D eigenvalue weighted by Crippen LogP contribution is -2.39. The zero-order chi connectivity index (χ0) is 35.2. The van der Waals surface area contributed by atoms with E-state index in [1.165, 1.54) is 36.4 Å². The van der Waals surface area contributed by atoms with Gasteiger partial charge in [0, 0.05) is 71.8 Å². The fourth-order valence-electron chi connectivity index (χ4n) is 6.97. The van der Waals surface area contributed by atoms with Crippen molar-refractivity contribution in [2.45, 2.75) is 72.4 Å². The van der Waals surface area contributed by atoms with Gasteiger partial charge in [0.1, 0.15) is 23.9 Å². The molecule has 262 valence electrons. The second-order valence-electron chi connectivity index (χ2n) is 13.1. The molecule has 14 heteroatoms. The van der Waals surface area contributed by atoms with Crippen LogP contribution in [0.5, 0.6) is 17.2 Å². The van der Waals surface area contributed by atoms with Crippen LogP contribution in [0.2, 0.25) is 0 Å². The minimum atomic E-state index is -0.574. The molecular weight excluding hydrogens is 636 g/mol. The summed E-state index contributed by atoms with van der Waals surface area (Å²) in [6.45, 7) is 6.67. The van der Waals surface area contributed by atoms with Gasteiger partial charge in [0.25, 0.3) is 11.4 Å². The maximum Gasteiger partial charge on any atom is 0.270 e. The van der Waals surface area contributed by atoms with Gasteiger partial charge in [-0.25, -0.2) is 0 Å². The first-order chi connectivity index (χ1) is 23.4. The molecule has 1 fully saturated rings. The zero-order valence-electron chi connectivity index (χ0n) is 27.8. The summed E-state index contributed by atoms with van der Waals surface area (Å²) in [6, 6.07) is 10.9. The van der Waals surface area contributed by atoms with Crippen LogP contribution in [0.25, 0.3) is 0 Å². The summed E-state index contributed by atoms with van der Waals surface area (Å²) in [5.41, 5.74) is 1.78. The molecule has 3 aromatic rings. The number of amides is 1. The normalized spacial score (nSPS) is 18.7. The van der Waals surface area contributed by atoms with E-state index in [0.29, 0.717) is 40.3 Å². The summed E-state index contributed by atoms with van der Waals surface area (Å²) in [5.74, 6) is 1.20. The van der Waals surface area contributed by atoms with Crippen LogP contribution in [-0.4, -0.2) is 45.5 Å². The number of non-ortho nitro benzene ring substituents is 2. The number of anilines is 1. The van der Waals surface area contributed by atoms with Crippen molar-refractivity contribution in [3.63, 3.8) is 0 Å². The van der Waals surface area contributed by atoms with E-state index >= 15 is 0 Å². The number of ether oxygens (including phenoxy) is 3. The Morgan fingerprint density at radius 2 is 1.61 bits per heavy atom. The van der Waals surface area contributed by atoms with Crippen LogP contribution in [0.3, 0.4) is 0 Å². The Bertz CT molecular complexity index is 1630. The molecule has 1 saturated carbocycles. The largest absolute Gasteiger partial charge is 0.508 e. The molecule has 0 spiro atoms. The highest BCUT2D eigenvalue weighted by atomic mass is 16.7. The first kappa shape index (κ1) is 35.4. The highest BCUT2D eigenvalue weighted by Gasteiger charge is 2.34. The van der Waals surface area contributed by atoms with Crippen LogP contribution < -0.4 is 15.0 Å². The molecule has 14 nitrogen and oxygen atoms in total. The average Bonchev–Trinajstić information content (AvgIpc) is 3.07. The summed E-state index contributed by atoms with van der Waals surface area (Å²) in [4.78, 5) is 36.7. The molecule has 5 rings (SSSR count). The summed E-state index contributed by atoms with van der Waals surface area (Å²) in [6.07, 6.45) is 3.14. The fourth-order valence-corrected chi connectivity index (χ4v) is 6.97. The molecule has 0 saturated heterocycles. The van der Waals surface area contributed by atoms with Crippen LogP contribution in [0.4, 0.5) is 17.1 Å². The average molecular weight is 679 g/mol. The highest BCUT2D eigenvalue weighted by molar-refractivity contribution is 5.77. The molecule has 49 heavy (non-hydrogen) atoms.